The van der Waals surface area contributed by atoms with Gasteiger partial charge in [0, 0.05) is 12.0 Å². The van der Waals surface area contributed by atoms with Crippen LogP contribution in [0.15, 0.2) is 60.7 Å². The van der Waals surface area contributed by atoms with Gasteiger partial charge in [-0.1, -0.05) is 60.7 Å². The lowest BCUT2D eigenvalue weighted by Gasteiger charge is -2.09. The lowest BCUT2D eigenvalue weighted by Crippen LogP contribution is -2.16. The zero-order valence-corrected chi connectivity index (χ0v) is 10.1. The van der Waals surface area contributed by atoms with Gasteiger partial charge in [-0.25, -0.2) is 0 Å². The highest BCUT2D eigenvalue weighted by Gasteiger charge is 2.12. The molecule has 0 unspecified atom stereocenters. The van der Waals surface area contributed by atoms with E-state index in [1.165, 1.54) is 0 Å². The largest absolute Gasteiger partial charge is 0.392 e. The Morgan fingerprint density at radius 3 is 2.11 bits per heavy atom. The van der Waals surface area contributed by atoms with Crippen molar-refractivity contribution in [2.24, 2.45) is 0 Å². The molecule has 2 aromatic rings. The van der Waals surface area contributed by atoms with Crippen LogP contribution in [-0.2, 0) is 6.42 Å². The molecule has 92 valence electrons. The number of benzene rings is 2. The number of carbonyl (C=O) groups is 1. The third-order valence-corrected chi connectivity index (χ3v) is 2.83. The molecular formula is C16H16O2. The number of carbonyl (C=O) groups excluding carboxylic acids is 1. The molecule has 2 aromatic carbocycles. The summed E-state index contributed by atoms with van der Waals surface area (Å²) in [5.41, 5.74) is 1.70. The normalized spacial score (nSPS) is 12.1. The van der Waals surface area contributed by atoms with Crippen molar-refractivity contribution in [3.05, 3.63) is 71.8 Å². The molecule has 0 radical (unpaired) electrons. The van der Waals surface area contributed by atoms with E-state index >= 15 is 0 Å². The van der Waals surface area contributed by atoms with Crippen LogP contribution in [0.2, 0.25) is 0 Å². The van der Waals surface area contributed by atoms with Crippen molar-refractivity contribution in [2.45, 2.75) is 18.9 Å². The van der Waals surface area contributed by atoms with Gasteiger partial charge in [0.1, 0.15) is 0 Å². The molecule has 2 heteroatoms. The number of aliphatic hydroxyl groups excluding tert-OH is 1. The first kappa shape index (κ1) is 12.5. The van der Waals surface area contributed by atoms with Gasteiger partial charge in [0.2, 0.25) is 0 Å². The molecule has 0 amide bonds. The summed E-state index contributed by atoms with van der Waals surface area (Å²) in [6, 6.07) is 18.8. The fraction of sp³-hybridized carbons (Fsp3) is 0.188. The predicted octanol–water partition coefficient (Wildman–Crippen LogP) is 2.86. The Labute approximate surface area is 107 Å². The predicted molar refractivity (Wildman–Crippen MR) is 71.5 cm³/mol. The number of rotatable bonds is 5. The maximum absolute atomic E-state index is 11.9. The quantitative estimate of drug-likeness (QED) is 0.816. The standard InChI is InChI=1S/C16H16O2/c17-15(11-13-7-3-1-4-8-13)12-16(18)14-9-5-2-6-10-14/h1-10,15,17H,11-12H2/t15-/m1/s1. The molecule has 0 saturated heterocycles. The van der Waals surface area contributed by atoms with E-state index in [1.54, 1.807) is 12.1 Å². The summed E-state index contributed by atoms with van der Waals surface area (Å²) in [6.07, 6.45) is 0.0540. The Hall–Kier alpha value is -1.93. The average Bonchev–Trinajstić information content (AvgIpc) is 2.40. The van der Waals surface area contributed by atoms with Gasteiger partial charge in [-0.2, -0.15) is 0 Å². The van der Waals surface area contributed by atoms with Crippen LogP contribution in [0.5, 0.6) is 0 Å². The number of Topliss-reactive ketones (excluding diaryl/α,β-unsaturated/α-hetero) is 1. The third kappa shape index (κ3) is 3.54. The van der Waals surface area contributed by atoms with Crippen LogP contribution in [0.4, 0.5) is 0 Å². The molecule has 0 fully saturated rings. The maximum Gasteiger partial charge on any atom is 0.165 e. The summed E-state index contributed by atoms with van der Waals surface area (Å²) >= 11 is 0. The molecule has 2 nitrogen and oxygen atoms in total. The van der Waals surface area contributed by atoms with Crippen molar-refractivity contribution in [3.8, 4) is 0 Å². The van der Waals surface area contributed by atoms with Crippen molar-refractivity contribution in [3.63, 3.8) is 0 Å². The Balaban J connectivity index is 1.92. The van der Waals surface area contributed by atoms with Crippen LogP contribution in [0.25, 0.3) is 0 Å². The lowest BCUT2D eigenvalue weighted by atomic mass is 10.0. The smallest absolute Gasteiger partial charge is 0.165 e. The van der Waals surface area contributed by atoms with Gasteiger partial charge < -0.3 is 5.11 Å². The van der Waals surface area contributed by atoms with E-state index in [2.05, 4.69) is 0 Å². The molecule has 2 rings (SSSR count). The maximum atomic E-state index is 11.9. The van der Waals surface area contributed by atoms with Gasteiger partial charge >= 0.3 is 0 Å². The molecule has 0 bridgehead atoms. The molecule has 0 aliphatic rings. The fourth-order valence-electron chi connectivity index (χ4n) is 1.91. The average molecular weight is 240 g/mol. The molecule has 0 spiro atoms. The summed E-state index contributed by atoms with van der Waals surface area (Å²) in [5, 5.41) is 9.91. The van der Waals surface area contributed by atoms with Crippen LogP contribution in [0.1, 0.15) is 22.3 Å². The monoisotopic (exact) mass is 240 g/mol. The van der Waals surface area contributed by atoms with E-state index in [-0.39, 0.29) is 12.2 Å². The minimum atomic E-state index is -0.625. The van der Waals surface area contributed by atoms with Crippen molar-refractivity contribution >= 4 is 5.78 Å². The second kappa shape index (κ2) is 6.12. The molecule has 18 heavy (non-hydrogen) atoms. The van der Waals surface area contributed by atoms with Gasteiger partial charge in [-0.15, -0.1) is 0 Å². The van der Waals surface area contributed by atoms with Crippen molar-refractivity contribution < 1.29 is 9.90 Å². The lowest BCUT2D eigenvalue weighted by molar-refractivity contribution is 0.0881. The summed E-state index contributed by atoms with van der Waals surface area (Å²) in [4.78, 5) is 11.9. The van der Waals surface area contributed by atoms with Gasteiger partial charge in [-0.05, 0) is 12.0 Å². The number of hydrogen-bond donors (Lipinski definition) is 1. The van der Waals surface area contributed by atoms with Crippen molar-refractivity contribution in [1.82, 2.24) is 0 Å². The van der Waals surface area contributed by atoms with E-state index in [1.807, 2.05) is 48.5 Å². The molecule has 0 aliphatic carbocycles. The Bertz CT molecular complexity index is 491. The zero-order chi connectivity index (χ0) is 12.8. The number of hydrogen-bond acceptors (Lipinski definition) is 2. The summed E-state index contributed by atoms with van der Waals surface area (Å²) in [7, 11) is 0. The molecule has 1 atom stereocenters. The van der Waals surface area contributed by atoms with E-state index in [0.29, 0.717) is 12.0 Å². The van der Waals surface area contributed by atoms with Crippen LogP contribution >= 0.6 is 0 Å². The molecular weight excluding hydrogens is 224 g/mol. The summed E-state index contributed by atoms with van der Waals surface area (Å²) in [5.74, 6) is -0.0148. The fourth-order valence-corrected chi connectivity index (χ4v) is 1.91. The molecule has 0 aliphatic heterocycles. The minimum Gasteiger partial charge on any atom is -0.392 e. The van der Waals surface area contributed by atoms with Crippen LogP contribution in [0.3, 0.4) is 0 Å². The second-order valence-electron chi connectivity index (χ2n) is 4.34. The van der Waals surface area contributed by atoms with E-state index in [9.17, 15) is 9.90 Å². The first-order valence-electron chi connectivity index (χ1n) is 6.06. The summed E-state index contributed by atoms with van der Waals surface area (Å²) < 4.78 is 0. The SMILES string of the molecule is O=C(C[C@H](O)Cc1ccccc1)c1ccccc1. The Morgan fingerprint density at radius 1 is 0.944 bits per heavy atom. The first-order chi connectivity index (χ1) is 8.75. The topological polar surface area (TPSA) is 37.3 Å². The highest BCUT2D eigenvalue weighted by Crippen LogP contribution is 2.10. The minimum absolute atomic E-state index is 0.0148. The highest BCUT2D eigenvalue weighted by atomic mass is 16.3. The number of ketones is 1. The Morgan fingerprint density at radius 2 is 1.50 bits per heavy atom. The van der Waals surface area contributed by atoms with E-state index < -0.39 is 6.10 Å². The molecule has 0 aromatic heterocycles. The van der Waals surface area contributed by atoms with Crippen LogP contribution < -0.4 is 0 Å². The van der Waals surface area contributed by atoms with Crippen LogP contribution in [0, 0.1) is 0 Å². The zero-order valence-electron chi connectivity index (χ0n) is 10.1. The van der Waals surface area contributed by atoms with Gasteiger partial charge in [0.25, 0.3) is 0 Å². The molecule has 0 saturated carbocycles. The number of aliphatic hydroxyl groups is 1. The van der Waals surface area contributed by atoms with E-state index in [0.717, 1.165) is 5.56 Å². The van der Waals surface area contributed by atoms with Crippen molar-refractivity contribution in [1.29, 1.82) is 0 Å². The van der Waals surface area contributed by atoms with Crippen LogP contribution in [-0.4, -0.2) is 17.0 Å². The first-order valence-corrected chi connectivity index (χ1v) is 6.06. The van der Waals surface area contributed by atoms with Gasteiger partial charge in [-0.3, -0.25) is 4.79 Å². The third-order valence-electron chi connectivity index (χ3n) is 2.83. The van der Waals surface area contributed by atoms with Gasteiger partial charge in [0.15, 0.2) is 5.78 Å². The Kier molecular flexibility index (Phi) is 4.26. The van der Waals surface area contributed by atoms with Gasteiger partial charge in [0.05, 0.1) is 6.10 Å². The molecule has 1 N–H and O–H groups in total. The van der Waals surface area contributed by atoms with Crippen molar-refractivity contribution in [2.75, 3.05) is 0 Å². The molecule has 0 heterocycles. The van der Waals surface area contributed by atoms with E-state index in [4.69, 9.17) is 0 Å². The summed E-state index contributed by atoms with van der Waals surface area (Å²) in [6.45, 7) is 0. The second-order valence-corrected chi connectivity index (χ2v) is 4.34. The highest BCUT2D eigenvalue weighted by molar-refractivity contribution is 5.96.